The monoisotopic (exact) mass is 661 g/mol. The van der Waals surface area contributed by atoms with Gasteiger partial charge in [-0.3, -0.25) is 28.8 Å². The molecule has 0 aliphatic rings. The van der Waals surface area contributed by atoms with Gasteiger partial charge in [-0.2, -0.15) is 11.8 Å². The van der Waals surface area contributed by atoms with Crippen LogP contribution in [-0.4, -0.2) is 113 Å². The molecule has 0 radical (unpaired) electrons. The summed E-state index contributed by atoms with van der Waals surface area (Å²) in [6.45, 7) is 10.5. The summed E-state index contributed by atoms with van der Waals surface area (Å²) in [5, 5.41) is 34.1. The first-order valence-corrected chi connectivity index (χ1v) is 16.2. The summed E-state index contributed by atoms with van der Waals surface area (Å²) in [5.74, 6) is -5.52. The van der Waals surface area contributed by atoms with E-state index < -0.39 is 96.2 Å². The Morgan fingerprint density at radius 3 is 1.60 bits per heavy atom. The van der Waals surface area contributed by atoms with Gasteiger partial charge in [-0.25, -0.2) is 4.79 Å². The Morgan fingerprint density at radius 1 is 0.667 bits per heavy atom. The van der Waals surface area contributed by atoms with Gasteiger partial charge in [0.05, 0.1) is 12.6 Å². The van der Waals surface area contributed by atoms with Crippen molar-refractivity contribution in [1.29, 1.82) is 0 Å². The van der Waals surface area contributed by atoms with Crippen LogP contribution in [0.5, 0.6) is 0 Å². The van der Waals surface area contributed by atoms with E-state index in [2.05, 4.69) is 31.9 Å². The number of carboxylic acid groups (broad SMARTS) is 1. The second-order valence-corrected chi connectivity index (χ2v) is 12.5. The summed E-state index contributed by atoms with van der Waals surface area (Å²) in [6, 6.07) is -6.99. The highest BCUT2D eigenvalue weighted by molar-refractivity contribution is 7.98. The molecule has 16 nitrogen and oxygen atoms in total. The van der Waals surface area contributed by atoms with Gasteiger partial charge < -0.3 is 47.8 Å². The average Bonchev–Trinajstić information content (AvgIpc) is 2.94. The third kappa shape index (κ3) is 15.4. The zero-order valence-corrected chi connectivity index (χ0v) is 28.1. The molecule has 0 unspecified atom stereocenters. The van der Waals surface area contributed by atoms with Crippen molar-refractivity contribution in [2.75, 3.05) is 18.6 Å². The van der Waals surface area contributed by atoms with Crippen LogP contribution in [0.4, 0.5) is 0 Å². The Hall–Kier alpha value is -3.44. The van der Waals surface area contributed by atoms with E-state index in [0.29, 0.717) is 5.75 Å². The molecule has 0 heterocycles. The minimum Gasteiger partial charge on any atom is -0.480 e. The quantitative estimate of drug-likeness (QED) is 0.0677. The van der Waals surface area contributed by atoms with Crippen molar-refractivity contribution >= 4 is 53.2 Å². The predicted octanol–water partition coefficient (Wildman–Crippen LogP) is -2.19. The first-order valence-electron chi connectivity index (χ1n) is 14.8. The van der Waals surface area contributed by atoms with Crippen LogP contribution in [-0.2, 0) is 33.6 Å². The minimum atomic E-state index is -1.37. The molecule has 7 atom stereocenters. The number of aliphatic hydroxyl groups excluding tert-OH is 1. The van der Waals surface area contributed by atoms with Gasteiger partial charge in [0.1, 0.15) is 36.3 Å². The van der Waals surface area contributed by atoms with Crippen molar-refractivity contribution in [3.8, 4) is 0 Å². The highest BCUT2D eigenvalue weighted by Crippen LogP contribution is 2.09. The maximum atomic E-state index is 13.3. The Balaban J connectivity index is 5.62. The van der Waals surface area contributed by atoms with Gasteiger partial charge in [-0.1, -0.05) is 27.7 Å². The van der Waals surface area contributed by atoms with Gasteiger partial charge in [0.25, 0.3) is 0 Å². The molecule has 6 amide bonds. The number of thioether (sulfide) groups is 1. The molecule has 0 aromatic rings. The van der Waals surface area contributed by atoms with E-state index in [1.807, 2.05) is 13.8 Å². The third-order valence-corrected chi connectivity index (χ3v) is 7.23. The molecule has 0 aromatic carbocycles. The van der Waals surface area contributed by atoms with Gasteiger partial charge in [-0.05, 0) is 57.5 Å². The van der Waals surface area contributed by atoms with E-state index in [0.717, 1.165) is 0 Å². The fourth-order valence-electron chi connectivity index (χ4n) is 3.95. The molecule has 0 fully saturated rings. The number of carboxylic acids is 1. The lowest BCUT2D eigenvalue weighted by molar-refractivity contribution is -0.143. The van der Waals surface area contributed by atoms with Crippen LogP contribution in [0.3, 0.4) is 0 Å². The molecule has 0 rings (SSSR count). The second-order valence-electron chi connectivity index (χ2n) is 11.6. The molecule has 0 bridgehead atoms. The lowest BCUT2D eigenvalue weighted by atomic mass is 10.0. The fourth-order valence-corrected chi connectivity index (χ4v) is 4.43. The molecule has 17 heteroatoms. The summed E-state index contributed by atoms with van der Waals surface area (Å²) >= 11 is 1.42. The van der Waals surface area contributed by atoms with Crippen LogP contribution in [0.15, 0.2) is 0 Å². The highest BCUT2D eigenvalue weighted by Gasteiger charge is 2.33. The van der Waals surface area contributed by atoms with Gasteiger partial charge in [0, 0.05) is 0 Å². The van der Waals surface area contributed by atoms with E-state index in [4.69, 9.17) is 5.73 Å². The summed E-state index contributed by atoms with van der Waals surface area (Å²) in [6.07, 6.45) is 0.865. The highest BCUT2D eigenvalue weighted by atomic mass is 32.2. The van der Waals surface area contributed by atoms with E-state index in [9.17, 15) is 43.8 Å². The van der Waals surface area contributed by atoms with Crippen molar-refractivity contribution in [3.05, 3.63) is 0 Å². The van der Waals surface area contributed by atoms with Crippen LogP contribution in [0.25, 0.3) is 0 Å². The van der Waals surface area contributed by atoms with Gasteiger partial charge in [0.15, 0.2) is 0 Å². The van der Waals surface area contributed by atoms with E-state index in [1.165, 1.54) is 32.5 Å². The number of nitrogens with one attached hydrogen (secondary N) is 6. The summed E-state index contributed by atoms with van der Waals surface area (Å²) in [4.78, 5) is 87.8. The average molecular weight is 662 g/mol. The molecular weight excluding hydrogens is 610 g/mol. The molecule has 45 heavy (non-hydrogen) atoms. The third-order valence-electron chi connectivity index (χ3n) is 6.59. The van der Waals surface area contributed by atoms with Crippen molar-refractivity contribution < 1.29 is 43.8 Å². The zero-order valence-electron chi connectivity index (χ0n) is 27.3. The summed E-state index contributed by atoms with van der Waals surface area (Å²) < 4.78 is 0. The number of hydrogen-bond acceptors (Lipinski definition) is 10. The fraction of sp³-hybridized carbons (Fsp3) is 0.750. The molecule has 0 saturated carbocycles. The molecule has 258 valence electrons. The maximum absolute atomic E-state index is 13.3. The largest absolute Gasteiger partial charge is 0.480 e. The number of carbonyl (C=O) groups is 7. The SMILES string of the molecule is CSCC[C@H](NC(=O)[C@@H](NC(=O)CN)[C@@H](C)O)C(=O)N[C@@H](CC(C)C)C(=O)N[C@@H](C)C(=O)N[C@@H](C)C(=O)N[C@H](C(=O)O)C(C)C. The van der Waals surface area contributed by atoms with Crippen molar-refractivity contribution in [1.82, 2.24) is 31.9 Å². The first kappa shape index (κ1) is 41.6. The number of nitrogens with two attached hydrogens (primary N) is 1. The molecule has 10 N–H and O–H groups in total. The smallest absolute Gasteiger partial charge is 0.326 e. The van der Waals surface area contributed by atoms with Gasteiger partial charge >= 0.3 is 5.97 Å². The van der Waals surface area contributed by atoms with Crippen LogP contribution in [0, 0.1) is 11.8 Å². The molecule has 0 spiro atoms. The Bertz CT molecular complexity index is 1040. The molecule has 0 aliphatic heterocycles. The molecular formula is C28H51N7O9S. The Labute approximate surface area is 268 Å². The number of aliphatic hydroxyl groups is 1. The van der Waals surface area contributed by atoms with E-state index in [-0.39, 0.29) is 18.8 Å². The minimum absolute atomic E-state index is 0.0672. The lowest BCUT2D eigenvalue weighted by Crippen LogP contribution is -2.60. The first-order chi connectivity index (χ1) is 20.9. The topological polar surface area (TPSA) is 258 Å². The van der Waals surface area contributed by atoms with Gasteiger partial charge in [-0.15, -0.1) is 0 Å². The normalized spacial score (nSPS) is 15.8. The van der Waals surface area contributed by atoms with Crippen LogP contribution in [0.2, 0.25) is 0 Å². The van der Waals surface area contributed by atoms with E-state index >= 15 is 0 Å². The second kappa shape index (κ2) is 20.6. The van der Waals surface area contributed by atoms with Crippen molar-refractivity contribution in [3.63, 3.8) is 0 Å². The number of amides is 6. The number of rotatable bonds is 20. The Kier molecular flexibility index (Phi) is 19.0. The van der Waals surface area contributed by atoms with Crippen LogP contribution < -0.4 is 37.6 Å². The molecule has 0 saturated heterocycles. The Morgan fingerprint density at radius 2 is 1.16 bits per heavy atom. The molecule has 0 aliphatic carbocycles. The summed E-state index contributed by atoms with van der Waals surface area (Å²) in [7, 11) is 0. The van der Waals surface area contributed by atoms with E-state index in [1.54, 1.807) is 20.1 Å². The van der Waals surface area contributed by atoms with Gasteiger partial charge in [0.2, 0.25) is 35.4 Å². The number of aliphatic carboxylic acids is 1. The molecule has 0 aromatic heterocycles. The van der Waals surface area contributed by atoms with Crippen molar-refractivity contribution in [2.45, 2.75) is 104 Å². The predicted molar refractivity (Wildman–Crippen MR) is 169 cm³/mol. The summed E-state index contributed by atoms with van der Waals surface area (Å²) in [5.41, 5.74) is 5.29. The standard InChI is InChI=1S/C28H51N7O9S/c1-13(2)11-19(26(41)31-15(5)23(38)30-16(6)24(39)35-21(14(3)4)28(43)44)33-25(40)18(9-10-45-8)32-27(42)22(17(7)36)34-20(37)12-29/h13-19,21-22,36H,9-12,29H2,1-8H3,(H,30,38)(H,31,41)(H,32,42)(H,33,40)(H,34,37)(H,35,39)(H,43,44)/t15-,16-,17+,18-,19-,21-,22-/m0/s1. The van der Waals surface area contributed by atoms with Crippen molar-refractivity contribution in [2.24, 2.45) is 17.6 Å². The maximum Gasteiger partial charge on any atom is 0.326 e. The van der Waals surface area contributed by atoms with Crippen LogP contribution >= 0.6 is 11.8 Å². The van der Waals surface area contributed by atoms with Crippen LogP contribution in [0.1, 0.15) is 61.3 Å². The number of carbonyl (C=O) groups excluding carboxylic acids is 6. The zero-order chi connectivity index (χ0) is 35.0. The lowest BCUT2D eigenvalue weighted by Gasteiger charge is -2.27. The number of hydrogen-bond donors (Lipinski definition) is 9.